The van der Waals surface area contributed by atoms with Crippen molar-refractivity contribution < 1.29 is 4.79 Å². The Morgan fingerprint density at radius 1 is 1.30 bits per heavy atom. The lowest BCUT2D eigenvalue weighted by Crippen LogP contribution is -2.44. The van der Waals surface area contributed by atoms with E-state index in [1.165, 1.54) is 22.9 Å². The maximum absolute atomic E-state index is 12.3. The van der Waals surface area contributed by atoms with Gasteiger partial charge in [0.1, 0.15) is 0 Å². The van der Waals surface area contributed by atoms with Gasteiger partial charge in [-0.25, -0.2) is 4.98 Å². The summed E-state index contributed by atoms with van der Waals surface area (Å²) in [6.45, 7) is 12.0. The van der Waals surface area contributed by atoms with Crippen LogP contribution < -0.4 is 5.32 Å². The number of imidazole rings is 1. The molecule has 124 valence electrons. The Bertz CT molecular complexity index is 701. The number of aromatic nitrogens is 2. The lowest BCUT2D eigenvalue weighted by Gasteiger charge is -2.23. The summed E-state index contributed by atoms with van der Waals surface area (Å²) in [5.41, 5.74) is 3.26. The van der Waals surface area contributed by atoms with Gasteiger partial charge in [0.15, 0.2) is 5.16 Å². The summed E-state index contributed by atoms with van der Waals surface area (Å²) in [6, 6.07) is 6.35. The molecular formula is C18H25N3OS. The number of hydrogen-bond acceptors (Lipinski definition) is 3. The van der Waals surface area contributed by atoms with E-state index < -0.39 is 0 Å². The molecule has 0 unspecified atom stereocenters. The molecule has 0 bridgehead atoms. The summed E-state index contributed by atoms with van der Waals surface area (Å²) in [6.07, 6.45) is 3.72. The number of carbonyl (C=O) groups is 1. The zero-order chi connectivity index (χ0) is 17.2. The molecule has 1 N–H and O–H groups in total. The van der Waals surface area contributed by atoms with Crippen molar-refractivity contribution in [2.75, 3.05) is 0 Å². The molecule has 1 aromatic carbocycles. The van der Waals surface area contributed by atoms with Crippen LogP contribution in [0, 0.1) is 13.8 Å². The third-order valence-corrected chi connectivity index (χ3v) is 4.46. The van der Waals surface area contributed by atoms with Crippen LogP contribution in [0.3, 0.4) is 0 Å². The molecule has 2 aromatic rings. The maximum atomic E-state index is 12.3. The normalized spacial score (nSPS) is 13.0. The zero-order valence-corrected chi connectivity index (χ0v) is 15.5. The molecule has 0 aliphatic rings. The molecule has 23 heavy (non-hydrogen) atoms. The molecule has 2 rings (SSSR count). The monoisotopic (exact) mass is 331 g/mol. The van der Waals surface area contributed by atoms with Crippen LogP contribution in [-0.2, 0) is 4.79 Å². The van der Waals surface area contributed by atoms with Gasteiger partial charge in [0.25, 0.3) is 0 Å². The van der Waals surface area contributed by atoms with Crippen molar-refractivity contribution >= 4 is 17.7 Å². The number of nitrogens with zero attached hydrogens (tertiary/aromatic N) is 2. The molecule has 1 heterocycles. The third-order valence-electron chi connectivity index (χ3n) is 3.38. The van der Waals surface area contributed by atoms with Crippen LogP contribution in [0.25, 0.3) is 5.69 Å². The van der Waals surface area contributed by atoms with Gasteiger partial charge in [-0.05, 0) is 58.7 Å². The fourth-order valence-electron chi connectivity index (χ4n) is 2.22. The highest BCUT2D eigenvalue weighted by Crippen LogP contribution is 2.27. The second-order valence-corrected chi connectivity index (χ2v) is 8.18. The topological polar surface area (TPSA) is 46.9 Å². The smallest absolute Gasteiger partial charge is 0.233 e. The lowest BCUT2D eigenvalue weighted by molar-refractivity contribution is -0.121. The Hall–Kier alpha value is -1.75. The number of thioether (sulfide) groups is 1. The predicted molar refractivity (Wildman–Crippen MR) is 96.3 cm³/mol. The Labute approximate surface area is 142 Å². The highest BCUT2D eigenvalue weighted by molar-refractivity contribution is 8.00. The van der Waals surface area contributed by atoms with E-state index in [0.717, 1.165) is 10.8 Å². The minimum Gasteiger partial charge on any atom is -0.351 e. The average Bonchev–Trinajstić information content (AvgIpc) is 2.87. The summed E-state index contributed by atoms with van der Waals surface area (Å²) >= 11 is 1.47. The molecule has 1 aromatic heterocycles. The van der Waals surface area contributed by atoms with Crippen molar-refractivity contribution in [3.8, 4) is 5.69 Å². The van der Waals surface area contributed by atoms with Gasteiger partial charge in [-0.2, -0.15) is 0 Å². The van der Waals surface area contributed by atoms with Crippen molar-refractivity contribution in [1.82, 2.24) is 14.9 Å². The van der Waals surface area contributed by atoms with Gasteiger partial charge in [-0.1, -0.05) is 23.9 Å². The van der Waals surface area contributed by atoms with Gasteiger partial charge >= 0.3 is 0 Å². The summed E-state index contributed by atoms with van der Waals surface area (Å²) in [4.78, 5) is 16.7. The van der Waals surface area contributed by atoms with Gasteiger partial charge in [0, 0.05) is 17.9 Å². The van der Waals surface area contributed by atoms with Gasteiger partial charge in [-0.3, -0.25) is 9.36 Å². The van der Waals surface area contributed by atoms with Crippen LogP contribution in [-0.4, -0.2) is 26.2 Å². The number of aryl methyl sites for hydroxylation is 2. The second kappa shape index (κ2) is 6.79. The number of carbonyl (C=O) groups excluding carboxylic acids is 1. The fraction of sp³-hybridized carbons (Fsp3) is 0.444. The Morgan fingerprint density at radius 2 is 2.00 bits per heavy atom. The lowest BCUT2D eigenvalue weighted by atomic mass is 10.1. The molecular weight excluding hydrogens is 306 g/mol. The van der Waals surface area contributed by atoms with E-state index in [9.17, 15) is 4.79 Å². The SMILES string of the molecule is Cc1ccc(C)c(-n2ccnc2S[C@H](C)C(=O)NC(C)(C)C)c1. The Morgan fingerprint density at radius 3 is 2.65 bits per heavy atom. The van der Waals surface area contributed by atoms with Crippen LogP contribution in [0.5, 0.6) is 0 Å². The molecule has 0 radical (unpaired) electrons. The van der Waals surface area contributed by atoms with Crippen LogP contribution in [0.2, 0.25) is 0 Å². The molecule has 0 saturated heterocycles. The maximum Gasteiger partial charge on any atom is 0.233 e. The van der Waals surface area contributed by atoms with Crippen molar-refractivity contribution in [2.45, 2.75) is 57.5 Å². The van der Waals surface area contributed by atoms with E-state index in [1.807, 2.05) is 38.5 Å². The summed E-state index contributed by atoms with van der Waals surface area (Å²) in [5.74, 6) is 0.0259. The Kier molecular flexibility index (Phi) is 5.19. The second-order valence-electron chi connectivity index (χ2n) is 6.87. The molecule has 0 fully saturated rings. The largest absolute Gasteiger partial charge is 0.351 e. The molecule has 5 heteroatoms. The van der Waals surface area contributed by atoms with E-state index in [-0.39, 0.29) is 16.7 Å². The first kappa shape index (κ1) is 17.6. The quantitative estimate of drug-likeness (QED) is 0.865. The summed E-state index contributed by atoms with van der Waals surface area (Å²) in [7, 11) is 0. The molecule has 0 aliphatic carbocycles. The van der Waals surface area contributed by atoms with Crippen LogP contribution in [0.1, 0.15) is 38.8 Å². The number of rotatable bonds is 4. The molecule has 4 nitrogen and oxygen atoms in total. The van der Waals surface area contributed by atoms with Crippen molar-refractivity contribution in [3.05, 3.63) is 41.7 Å². The molecule has 0 aliphatic heterocycles. The van der Waals surface area contributed by atoms with Crippen molar-refractivity contribution in [2.24, 2.45) is 0 Å². The van der Waals surface area contributed by atoms with E-state index in [4.69, 9.17) is 0 Å². The van der Waals surface area contributed by atoms with Crippen LogP contribution in [0.4, 0.5) is 0 Å². The van der Waals surface area contributed by atoms with E-state index in [0.29, 0.717) is 0 Å². The highest BCUT2D eigenvalue weighted by Gasteiger charge is 2.22. The molecule has 1 amide bonds. The standard InChI is InChI=1S/C18H25N3OS/c1-12-7-8-13(2)15(11-12)21-10-9-19-17(21)23-14(3)16(22)20-18(4,5)6/h7-11,14H,1-6H3,(H,20,22)/t14-/m1/s1. The molecule has 1 atom stereocenters. The zero-order valence-electron chi connectivity index (χ0n) is 14.7. The molecule has 0 saturated carbocycles. The number of nitrogens with one attached hydrogen (secondary N) is 1. The van der Waals surface area contributed by atoms with Gasteiger partial charge in [-0.15, -0.1) is 0 Å². The van der Waals surface area contributed by atoms with Gasteiger partial charge < -0.3 is 5.32 Å². The number of amides is 1. The minimum absolute atomic E-state index is 0.0259. The first-order valence-corrected chi connectivity index (χ1v) is 8.65. The summed E-state index contributed by atoms with van der Waals surface area (Å²) in [5, 5.41) is 3.64. The Balaban J connectivity index is 2.22. The van der Waals surface area contributed by atoms with Crippen molar-refractivity contribution in [1.29, 1.82) is 0 Å². The fourth-order valence-corrected chi connectivity index (χ4v) is 3.10. The third kappa shape index (κ3) is 4.61. The van der Waals surface area contributed by atoms with Crippen molar-refractivity contribution in [3.63, 3.8) is 0 Å². The first-order valence-electron chi connectivity index (χ1n) is 7.77. The van der Waals surface area contributed by atoms with Gasteiger partial charge in [0.05, 0.1) is 10.9 Å². The summed E-state index contributed by atoms with van der Waals surface area (Å²) < 4.78 is 2.05. The van der Waals surface area contributed by atoms with E-state index in [2.05, 4.69) is 42.3 Å². The first-order chi connectivity index (χ1) is 10.7. The van der Waals surface area contributed by atoms with Crippen LogP contribution >= 0.6 is 11.8 Å². The predicted octanol–water partition coefficient (Wildman–Crippen LogP) is 3.88. The van der Waals surface area contributed by atoms with Crippen LogP contribution in [0.15, 0.2) is 35.7 Å². The van der Waals surface area contributed by atoms with E-state index >= 15 is 0 Å². The average molecular weight is 331 g/mol. The number of hydrogen-bond donors (Lipinski definition) is 1. The van der Waals surface area contributed by atoms with Gasteiger partial charge in [0.2, 0.25) is 5.91 Å². The van der Waals surface area contributed by atoms with E-state index in [1.54, 1.807) is 6.20 Å². The minimum atomic E-state index is -0.228. The highest BCUT2D eigenvalue weighted by atomic mass is 32.2. The number of benzene rings is 1. The molecule has 0 spiro atoms.